The van der Waals surface area contributed by atoms with Gasteiger partial charge in [0.1, 0.15) is 5.52 Å². The summed E-state index contributed by atoms with van der Waals surface area (Å²) in [6, 6.07) is 13.6. The maximum absolute atomic E-state index is 6.33. The molecule has 0 aliphatic carbocycles. The second-order valence-corrected chi connectivity index (χ2v) is 6.33. The number of rotatable bonds is 4. The Kier molecular flexibility index (Phi) is 4.19. The molecule has 3 nitrogen and oxygen atoms in total. The van der Waals surface area contributed by atoms with Crippen LogP contribution in [-0.2, 0) is 6.42 Å². The van der Waals surface area contributed by atoms with Gasteiger partial charge in [-0.1, -0.05) is 35.9 Å². The van der Waals surface area contributed by atoms with E-state index in [-0.39, 0.29) is 6.04 Å². The van der Waals surface area contributed by atoms with Gasteiger partial charge in [-0.05, 0) is 48.9 Å². The molecule has 0 saturated carbocycles. The Morgan fingerprint density at radius 1 is 1.24 bits per heavy atom. The zero-order valence-corrected chi connectivity index (χ0v) is 13.1. The Bertz CT molecular complexity index is 737. The third kappa shape index (κ3) is 3.23. The second kappa shape index (κ2) is 6.10. The summed E-state index contributed by atoms with van der Waals surface area (Å²) in [6.45, 7) is 1.98. The fourth-order valence-corrected chi connectivity index (χ4v) is 3.37. The van der Waals surface area contributed by atoms with Crippen molar-refractivity contribution in [1.29, 1.82) is 0 Å². The van der Waals surface area contributed by atoms with E-state index < -0.39 is 0 Å². The van der Waals surface area contributed by atoms with Gasteiger partial charge in [-0.2, -0.15) is 0 Å². The van der Waals surface area contributed by atoms with Crippen LogP contribution in [0.5, 0.6) is 0 Å². The quantitative estimate of drug-likeness (QED) is 0.768. The standard InChI is InChI=1S/C16H15ClN2OS/c1-10(18)9-11-5-4-6-12(17)15(11)21-16-19-13-7-2-3-8-14(13)20-16/h2-8,10H,9,18H2,1H3. The molecule has 21 heavy (non-hydrogen) atoms. The number of halogens is 1. The fourth-order valence-electron chi connectivity index (χ4n) is 2.16. The molecule has 0 spiro atoms. The number of nitrogens with zero attached hydrogens (tertiary/aromatic N) is 1. The zero-order valence-electron chi connectivity index (χ0n) is 11.5. The predicted octanol–water partition coefficient (Wildman–Crippen LogP) is 4.52. The second-order valence-electron chi connectivity index (χ2n) is 4.96. The number of para-hydroxylation sites is 2. The number of oxazole rings is 1. The molecule has 1 unspecified atom stereocenters. The van der Waals surface area contributed by atoms with Gasteiger partial charge < -0.3 is 10.2 Å². The van der Waals surface area contributed by atoms with Crippen LogP contribution in [0, 0.1) is 0 Å². The molecule has 0 aliphatic rings. The molecular weight excluding hydrogens is 304 g/mol. The van der Waals surface area contributed by atoms with Gasteiger partial charge in [-0.3, -0.25) is 0 Å². The van der Waals surface area contributed by atoms with Gasteiger partial charge in [-0.25, -0.2) is 4.98 Å². The summed E-state index contributed by atoms with van der Waals surface area (Å²) in [6.07, 6.45) is 0.767. The third-order valence-electron chi connectivity index (χ3n) is 3.05. The van der Waals surface area contributed by atoms with Crippen LogP contribution in [0.2, 0.25) is 5.02 Å². The summed E-state index contributed by atoms with van der Waals surface area (Å²) >= 11 is 7.77. The lowest BCUT2D eigenvalue weighted by molar-refractivity contribution is 0.489. The largest absolute Gasteiger partial charge is 0.431 e. The van der Waals surface area contributed by atoms with Gasteiger partial charge in [0.25, 0.3) is 5.22 Å². The first-order valence-corrected chi connectivity index (χ1v) is 7.89. The molecule has 3 rings (SSSR count). The lowest BCUT2D eigenvalue weighted by Crippen LogP contribution is -2.18. The summed E-state index contributed by atoms with van der Waals surface area (Å²) in [5.41, 5.74) is 8.65. The molecular formula is C16H15ClN2OS. The number of aromatic nitrogens is 1. The Hall–Kier alpha value is -1.49. The molecule has 5 heteroatoms. The van der Waals surface area contributed by atoms with Crippen molar-refractivity contribution >= 4 is 34.5 Å². The van der Waals surface area contributed by atoms with Gasteiger partial charge in [0.15, 0.2) is 5.58 Å². The van der Waals surface area contributed by atoms with Gasteiger partial charge in [0.05, 0.1) is 5.02 Å². The summed E-state index contributed by atoms with van der Waals surface area (Å²) in [5.74, 6) is 0. The number of benzene rings is 2. The van der Waals surface area contributed by atoms with Gasteiger partial charge >= 0.3 is 0 Å². The first-order valence-electron chi connectivity index (χ1n) is 6.70. The van der Waals surface area contributed by atoms with Gasteiger partial charge in [-0.15, -0.1) is 0 Å². The highest BCUT2D eigenvalue weighted by Crippen LogP contribution is 2.37. The summed E-state index contributed by atoms with van der Waals surface area (Å²) in [7, 11) is 0. The number of fused-ring (bicyclic) bond motifs is 1. The van der Waals surface area contributed by atoms with Crippen LogP contribution in [0.25, 0.3) is 11.1 Å². The van der Waals surface area contributed by atoms with Crippen molar-refractivity contribution in [3.8, 4) is 0 Å². The topological polar surface area (TPSA) is 52.0 Å². The summed E-state index contributed by atoms with van der Waals surface area (Å²) in [4.78, 5) is 5.44. The van der Waals surface area contributed by atoms with Gasteiger partial charge in [0.2, 0.25) is 0 Å². The van der Waals surface area contributed by atoms with E-state index in [1.807, 2.05) is 49.4 Å². The van der Waals surface area contributed by atoms with Crippen molar-refractivity contribution in [2.24, 2.45) is 5.73 Å². The van der Waals surface area contributed by atoms with Crippen LogP contribution < -0.4 is 5.73 Å². The van der Waals surface area contributed by atoms with E-state index in [0.717, 1.165) is 28.0 Å². The van der Waals surface area contributed by atoms with E-state index in [1.165, 1.54) is 11.8 Å². The zero-order chi connectivity index (χ0) is 14.8. The van der Waals surface area contributed by atoms with Gasteiger partial charge in [0, 0.05) is 10.9 Å². The molecule has 0 amide bonds. The van der Waals surface area contributed by atoms with E-state index >= 15 is 0 Å². The molecule has 0 bridgehead atoms. The maximum Gasteiger partial charge on any atom is 0.261 e. The van der Waals surface area contributed by atoms with E-state index in [0.29, 0.717) is 10.2 Å². The monoisotopic (exact) mass is 318 g/mol. The predicted molar refractivity (Wildman–Crippen MR) is 86.9 cm³/mol. The first-order chi connectivity index (χ1) is 10.1. The molecule has 2 aromatic carbocycles. The summed E-state index contributed by atoms with van der Waals surface area (Å²) in [5, 5.41) is 1.29. The Labute approximate surface area is 132 Å². The molecule has 108 valence electrons. The molecule has 1 heterocycles. The molecule has 0 fully saturated rings. The first kappa shape index (κ1) is 14.4. The van der Waals surface area contributed by atoms with E-state index in [9.17, 15) is 0 Å². The van der Waals surface area contributed by atoms with Crippen LogP contribution in [-0.4, -0.2) is 11.0 Å². The van der Waals surface area contributed by atoms with E-state index in [2.05, 4.69) is 4.98 Å². The number of nitrogens with two attached hydrogens (primary N) is 1. The molecule has 0 aliphatic heterocycles. The molecule has 3 aromatic rings. The lowest BCUT2D eigenvalue weighted by Gasteiger charge is -2.11. The van der Waals surface area contributed by atoms with Crippen molar-refractivity contribution in [3.05, 3.63) is 53.1 Å². The molecule has 1 aromatic heterocycles. The highest BCUT2D eigenvalue weighted by atomic mass is 35.5. The van der Waals surface area contributed by atoms with Crippen molar-refractivity contribution in [2.45, 2.75) is 29.5 Å². The van der Waals surface area contributed by atoms with Crippen molar-refractivity contribution in [3.63, 3.8) is 0 Å². The average molecular weight is 319 g/mol. The van der Waals surface area contributed by atoms with Crippen LogP contribution in [0.1, 0.15) is 12.5 Å². The Morgan fingerprint density at radius 2 is 2.05 bits per heavy atom. The van der Waals surface area contributed by atoms with Crippen LogP contribution in [0.4, 0.5) is 0 Å². The van der Waals surface area contributed by atoms with Crippen molar-refractivity contribution in [2.75, 3.05) is 0 Å². The fraction of sp³-hybridized carbons (Fsp3) is 0.188. The van der Waals surface area contributed by atoms with Crippen LogP contribution in [0.15, 0.2) is 57.0 Å². The molecule has 1 atom stereocenters. The van der Waals surface area contributed by atoms with Crippen LogP contribution >= 0.6 is 23.4 Å². The highest BCUT2D eigenvalue weighted by Gasteiger charge is 2.14. The molecule has 2 N–H and O–H groups in total. The lowest BCUT2D eigenvalue weighted by atomic mass is 10.1. The minimum atomic E-state index is 0.0754. The van der Waals surface area contributed by atoms with E-state index in [4.69, 9.17) is 21.8 Å². The Balaban J connectivity index is 1.96. The molecule has 0 radical (unpaired) electrons. The smallest absolute Gasteiger partial charge is 0.261 e. The number of hydrogen-bond acceptors (Lipinski definition) is 4. The van der Waals surface area contributed by atoms with E-state index in [1.54, 1.807) is 0 Å². The molecule has 0 saturated heterocycles. The minimum absolute atomic E-state index is 0.0754. The number of hydrogen-bond donors (Lipinski definition) is 1. The van der Waals surface area contributed by atoms with Crippen molar-refractivity contribution < 1.29 is 4.42 Å². The third-order valence-corrected chi connectivity index (χ3v) is 4.52. The SMILES string of the molecule is CC(N)Cc1cccc(Cl)c1Sc1nc2ccccc2o1. The van der Waals surface area contributed by atoms with Crippen molar-refractivity contribution in [1.82, 2.24) is 4.98 Å². The summed E-state index contributed by atoms with van der Waals surface area (Å²) < 4.78 is 5.75. The highest BCUT2D eigenvalue weighted by molar-refractivity contribution is 7.99. The minimum Gasteiger partial charge on any atom is -0.431 e. The normalized spacial score (nSPS) is 12.7. The maximum atomic E-state index is 6.33. The van der Waals surface area contributed by atoms with Crippen LogP contribution in [0.3, 0.4) is 0 Å². The Morgan fingerprint density at radius 3 is 2.81 bits per heavy atom. The average Bonchev–Trinajstić information content (AvgIpc) is 2.84.